The summed E-state index contributed by atoms with van der Waals surface area (Å²) in [5.41, 5.74) is 20.4. The number of nitrogens with zero attached hydrogens (tertiary/aromatic N) is 2. The molecule has 0 bridgehead atoms. The minimum atomic E-state index is 0.444. The third-order valence-corrected chi connectivity index (χ3v) is 20.8. The predicted octanol–water partition coefficient (Wildman–Crippen LogP) is 18.1. The van der Waals surface area contributed by atoms with Crippen LogP contribution in [0.5, 0.6) is 0 Å². The van der Waals surface area contributed by atoms with Crippen LogP contribution in [0.3, 0.4) is 0 Å². The van der Waals surface area contributed by atoms with Crippen molar-refractivity contribution >= 4 is 17.8 Å². The van der Waals surface area contributed by atoms with Crippen LogP contribution >= 0.6 is 0 Å². The van der Waals surface area contributed by atoms with Crippen LogP contribution in [0.15, 0.2) is 184 Å². The third kappa shape index (κ3) is 9.00. The maximum atomic E-state index is 2.95. The van der Waals surface area contributed by atoms with E-state index >= 15 is 0 Å². The average molecular weight is 975 g/mol. The SMILES string of the molecule is C1=CCC(C2C=C(C3=CCCCC3)C=C(C3=CCC(N4C5=C(CCC=C5)C5CC(C6C=Cc7c(c8c(n7C7=CCC(C9CC(C%10=CCCC=C%10)=CC(C%10C=CCCC%10)C9)C=C7)C=CCC8)C6)CCC54)C=C3)C2)C=C1. The van der Waals surface area contributed by atoms with E-state index in [1.165, 1.54) is 156 Å². The minimum absolute atomic E-state index is 0.444. The van der Waals surface area contributed by atoms with Crippen molar-refractivity contribution in [3.05, 3.63) is 207 Å². The highest BCUT2D eigenvalue weighted by Crippen LogP contribution is 2.53. The van der Waals surface area contributed by atoms with Crippen molar-refractivity contribution in [3.63, 3.8) is 0 Å². The van der Waals surface area contributed by atoms with Gasteiger partial charge >= 0.3 is 0 Å². The van der Waals surface area contributed by atoms with E-state index < -0.39 is 0 Å². The molecule has 1 aromatic rings. The molecule has 12 aliphatic carbocycles. The molecule has 1 saturated carbocycles. The van der Waals surface area contributed by atoms with E-state index in [1.807, 2.05) is 0 Å². The van der Waals surface area contributed by atoms with Crippen LogP contribution in [0.4, 0.5) is 0 Å². The van der Waals surface area contributed by atoms with Gasteiger partial charge in [0.25, 0.3) is 0 Å². The first-order valence-electron chi connectivity index (χ1n) is 30.4. The molecule has 1 aliphatic heterocycles. The van der Waals surface area contributed by atoms with Crippen molar-refractivity contribution < 1.29 is 0 Å². The van der Waals surface area contributed by atoms with Gasteiger partial charge in [-0.05, 0) is 269 Å². The summed E-state index contributed by atoms with van der Waals surface area (Å²) in [6.45, 7) is 0. The summed E-state index contributed by atoms with van der Waals surface area (Å²) >= 11 is 0. The number of aromatic nitrogens is 1. The smallest absolute Gasteiger partial charge is 0.0514 e. The summed E-state index contributed by atoms with van der Waals surface area (Å²) in [5, 5.41) is 0. The number of hydrogen-bond donors (Lipinski definition) is 0. The second-order valence-electron chi connectivity index (χ2n) is 25.0. The van der Waals surface area contributed by atoms with Gasteiger partial charge in [0.1, 0.15) is 0 Å². The van der Waals surface area contributed by atoms with Crippen molar-refractivity contribution in [1.29, 1.82) is 0 Å². The number of rotatable bonds is 9. The zero-order chi connectivity index (χ0) is 49.0. The molecule has 0 aromatic carbocycles. The van der Waals surface area contributed by atoms with Crippen molar-refractivity contribution in [2.75, 3.05) is 0 Å². The quantitative estimate of drug-likeness (QED) is 0.224. The number of hydrogen-bond acceptors (Lipinski definition) is 1. The van der Waals surface area contributed by atoms with E-state index in [-0.39, 0.29) is 0 Å². The second kappa shape index (κ2) is 20.7. The van der Waals surface area contributed by atoms with Gasteiger partial charge in [-0.3, -0.25) is 0 Å². The van der Waals surface area contributed by atoms with E-state index in [9.17, 15) is 0 Å². The summed E-state index contributed by atoms with van der Waals surface area (Å²) < 4.78 is 2.69. The molecule has 1 aromatic heterocycles. The first-order valence-corrected chi connectivity index (χ1v) is 30.4. The lowest BCUT2D eigenvalue weighted by molar-refractivity contribution is 0.122. The van der Waals surface area contributed by atoms with Crippen LogP contribution in [-0.2, 0) is 12.8 Å². The van der Waals surface area contributed by atoms with Gasteiger partial charge in [0.05, 0.1) is 6.04 Å². The Morgan fingerprint density at radius 2 is 1.36 bits per heavy atom. The topological polar surface area (TPSA) is 8.17 Å². The van der Waals surface area contributed by atoms with Crippen LogP contribution in [0.25, 0.3) is 17.8 Å². The maximum absolute atomic E-state index is 2.95. The molecule has 0 amide bonds. The number of allylic oxidation sites excluding steroid dienone is 28. The fourth-order valence-corrected chi connectivity index (χ4v) is 17.0. The lowest BCUT2D eigenvalue weighted by atomic mass is 9.68. The normalized spacial score (nSPS) is 35.0. The maximum Gasteiger partial charge on any atom is 0.0514 e. The average Bonchev–Trinajstić information content (AvgIpc) is 4.02. The molecule has 2 heterocycles. The summed E-state index contributed by atoms with van der Waals surface area (Å²) in [6, 6.07) is 1.07. The fourth-order valence-electron chi connectivity index (χ4n) is 17.0. The Morgan fingerprint density at radius 1 is 0.446 bits per heavy atom. The van der Waals surface area contributed by atoms with Gasteiger partial charge in [-0.15, -0.1) is 0 Å². The van der Waals surface area contributed by atoms with Gasteiger partial charge in [0.15, 0.2) is 0 Å². The molecule has 2 nitrogen and oxygen atoms in total. The van der Waals surface area contributed by atoms with E-state index in [2.05, 4.69) is 161 Å². The van der Waals surface area contributed by atoms with Gasteiger partial charge in [-0.1, -0.05) is 128 Å². The molecule has 0 radical (unpaired) electrons. The van der Waals surface area contributed by atoms with Crippen LogP contribution in [0.1, 0.15) is 157 Å². The highest BCUT2D eigenvalue weighted by Gasteiger charge is 2.47. The summed E-state index contributed by atoms with van der Waals surface area (Å²) in [5.74, 6) is 5.90. The summed E-state index contributed by atoms with van der Waals surface area (Å²) in [7, 11) is 0. The Bertz CT molecular complexity index is 2950. The lowest BCUT2D eigenvalue weighted by Gasteiger charge is -2.43. The van der Waals surface area contributed by atoms with Crippen LogP contribution in [0.2, 0.25) is 0 Å². The number of fused-ring (bicyclic) bond motifs is 5. The predicted molar refractivity (Wildman–Crippen MR) is 311 cm³/mol. The molecule has 0 spiro atoms. The standard InChI is InChI=1S/C72H82N2/c1-5-17-49(18-6-1)57-41-58(50-19-7-2-8-20-50)44-61(43-57)53-29-35-63(36-30-53)73-69-27-15-13-25-65(69)67-47-55(33-39-71(67)73)56-34-40-72-68(48-56)66-26-14-16-28-70(66)74(72)64-37-31-54(32-38-64)62-45-59(51-21-9-3-10-22-51)42-60(46-62)52-23-11-4-12-24-52/h1,5-6,9,11,15-17,19,21-23,27-31,34-35,37-38,40-42,44,49,52,54-57,60,62-63,67,71H,2-4,7-8,10,12-14,18,20,24-26,32-33,36,39,43,45-48H2. The molecule has 14 rings (SSSR count). The largest absolute Gasteiger partial charge is 0.361 e. The first-order chi connectivity index (χ1) is 36.7. The van der Waals surface area contributed by atoms with Crippen LogP contribution in [-0.4, -0.2) is 21.6 Å². The monoisotopic (exact) mass is 975 g/mol. The molecule has 380 valence electrons. The van der Waals surface area contributed by atoms with E-state index in [0.717, 1.165) is 31.6 Å². The van der Waals surface area contributed by atoms with Gasteiger partial charge in [0.2, 0.25) is 0 Å². The Balaban J connectivity index is 0.668. The molecular weight excluding hydrogens is 893 g/mol. The van der Waals surface area contributed by atoms with E-state index in [0.29, 0.717) is 59.4 Å². The van der Waals surface area contributed by atoms with Crippen molar-refractivity contribution in [2.45, 2.75) is 160 Å². The van der Waals surface area contributed by atoms with E-state index in [1.54, 1.807) is 39.1 Å². The first kappa shape index (κ1) is 47.1. The molecular formula is C72H82N2. The molecule has 74 heavy (non-hydrogen) atoms. The third-order valence-electron chi connectivity index (χ3n) is 20.8. The molecule has 0 saturated heterocycles. The molecule has 13 aliphatic rings. The lowest BCUT2D eigenvalue weighted by Crippen LogP contribution is -2.44. The minimum Gasteiger partial charge on any atom is -0.361 e. The van der Waals surface area contributed by atoms with Gasteiger partial charge < -0.3 is 9.47 Å². The van der Waals surface area contributed by atoms with Crippen molar-refractivity contribution in [3.8, 4) is 0 Å². The molecule has 1 fully saturated rings. The van der Waals surface area contributed by atoms with E-state index in [4.69, 9.17) is 0 Å². The second-order valence-corrected chi connectivity index (χ2v) is 25.0. The van der Waals surface area contributed by atoms with Crippen molar-refractivity contribution in [2.24, 2.45) is 53.3 Å². The molecule has 0 N–H and O–H groups in total. The Morgan fingerprint density at radius 3 is 2.20 bits per heavy atom. The van der Waals surface area contributed by atoms with Crippen LogP contribution < -0.4 is 0 Å². The molecule has 11 atom stereocenters. The zero-order valence-corrected chi connectivity index (χ0v) is 44.4. The highest BCUT2D eigenvalue weighted by molar-refractivity contribution is 5.75. The Kier molecular flexibility index (Phi) is 13.2. The Hall–Kier alpha value is -5.34. The summed E-state index contributed by atoms with van der Waals surface area (Å²) in [4.78, 5) is 2.95. The van der Waals surface area contributed by atoms with Gasteiger partial charge in [-0.2, -0.15) is 0 Å². The highest BCUT2D eigenvalue weighted by atomic mass is 15.2. The molecule has 11 unspecified atom stereocenters. The Labute approximate surface area is 445 Å². The van der Waals surface area contributed by atoms with Crippen LogP contribution in [0, 0.1) is 53.3 Å². The zero-order valence-electron chi connectivity index (χ0n) is 44.4. The van der Waals surface area contributed by atoms with Gasteiger partial charge in [0, 0.05) is 34.7 Å². The fraction of sp³-hybridized carbons (Fsp3) is 0.472. The van der Waals surface area contributed by atoms with Crippen molar-refractivity contribution in [1.82, 2.24) is 9.47 Å². The van der Waals surface area contributed by atoms with Gasteiger partial charge in [-0.25, -0.2) is 0 Å². The molecule has 2 heteroatoms. The summed E-state index contributed by atoms with van der Waals surface area (Å²) in [6.07, 6.45) is 91.8.